The van der Waals surface area contributed by atoms with E-state index in [0.29, 0.717) is 11.8 Å². The quantitative estimate of drug-likeness (QED) is 0.738. The number of carbonyl (C=O) groups excluding carboxylic acids is 1. The second-order valence-electron chi connectivity index (χ2n) is 2.84. The molecule has 3 nitrogen and oxygen atoms in total. The number of nitrogens with zero attached hydrogens (tertiary/aromatic N) is 1. The molecule has 0 radical (unpaired) electrons. The number of halogens is 2. The molecule has 15 heavy (non-hydrogen) atoms. The number of hydrogen-bond acceptors (Lipinski definition) is 3. The van der Waals surface area contributed by atoms with Gasteiger partial charge in [0.1, 0.15) is 16.5 Å². The largest absolute Gasteiger partial charge is 0.351 e. The summed E-state index contributed by atoms with van der Waals surface area (Å²) >= 11 is 5.80. The first-order valence-electron chi connectivity index (χ1n) is 4.08. The van der Waals surface area contributed by atoms with E-state index >= 15 is 0 Å². The van der Waals surface area contributed by atoms with E-state index in [1.807, 2.05) is 0 Å². The van der Waals surface area contributed by atoms with Crippen molar-refractivity contribution in [3.05, 3.63) is 40.9 Å². The molecule has 2 aromatic rings. The molecule has 0 saturated carbocycles. The zero-order valence-electron chi connectivity index (χ0n) is 7.41. The lowest BCUT2D eigenvalue weighted by Crippen LogP contribution is -1.80. The third-order valence-corrected chi connectivity index (χ3v) is 2.23. The molecule has 76 valence electrons. The fourth-order valence-electron chi connectivity index (χ4n) is 1.18. The van der Waals surface area contributed by atoms with E-state index in [1.54, 1.807) is 6.07 Å². The van der Waals surface area contributed by atoms with E-state index in [9.17, 15) is 9.18 Å². The summed E-state index contributed by atoms with van der Waals surface area (Å²) in [6.45, 7) is 0. The first kappa shape index (κ1) is 9.86. The normalized spacial score (nSPS) is 10.3. The molecule has 0 saturated heterocycles. The maximum Gasteiger partial charge on any atom is 0.218 e. The first-order chi connectivity index (χ1) is 7.22. The van der Waals surface area contributed by atoms with Crippen LogP contribution in [-0.4, -0.2) is 11.4 Å². The number of benzene rings is 1. The molecule has 0 spiro atoms. The van der Waals surface area contributed by atoms with Crippen LogP contribution in [-0.2, 0) is 0 Å². The Kier molecular flexibility index (Phi) is 2.51. The minimum absolute atomic E-state index is 0.0593. The molecule has 0 aliphatic carbocycles. The average Bonchev–Trinajstić information content (AvgIpc) is 2.59. The van der Waals surface area contributed by atoms with E-state index in [-0.39, 0.29) is 16.5 Å². The van der Waals surface area contributed by atoms with E-state index in [1.165, 1.54) is 18.2 Å². The highest BCUT2D eigenvalue weighted by atomic mass is 35.5. The maximum atomic E-state index is 12.9. The van der Waals surface area contributed by atoms with Gasteiger partial charge in [0, 0.05) is 5.56 Å². The van der Waals surface area contributed by atoms with Crippen LogP contribution in [0.15, 0.2) is 28.8 Å². The molecular formula is C10H5ClFNO2. The number of hydrogen-bond donors (Lipinski definition) is 0. The van der Waals surface area contributed by atoms with Gasteiger partial charge >= 0.3 is 0 Å². The molecule has 0 aliphatic rings. The Morgan fingerprint density at radius 1 is 1.47 bits per heavy atom. The lowest BCUT2D eigenvalue weighted by molar-refractivity contribution is 0.109. The van der Waals surface area contributed by atoms with E-state index in [0.717, 1.165) is 0 Å². The Bertz CT molecular complexity index is 510. The summed E-state index contributed by atoms with van der Waals surface area (Å²) in [7, 11) is 0. The molecule has 0 fully saturated rings. The van der Waals surface area contributed by atoms with E-state index in [4.69, 9.17) is 11.6 Å². The number of aromatic nitrogens is 1. The summed E-state index contributed by atoms with van der Waals surface area (Å²) in [4.78, 5) is 10.4. The predicted octanol–water partition coefficient (Wildman–Crippen LogP) is 2.95. The molecule has 5 heteroatoms. The summed E-state index contributed by atoms with van der Waals surface area (Å²) < 4.78 is 17.6. The van der Waals surface area contributed by atoms with Crippen LogP contribution >= 0.6 is 11.6 Å². The van der Waals surface area contributed by atoms with E-state index < -0.39 is 5.82 Å². The van der Waals surface area contributed by atoms with Gasteiger partial charge in [-0.15, -0.1) is 0 Å². The third-order valence-electron chi connectivity index (χ3n) is 1.86. The van der Waals surface area contributed by atoms with Crippen LogP contribution in [0.3, 0.4) is 0 Å². The van der Waals surface area contributed by atoms with Crippen molar-refractivity contribution in [2.24, 2.45) is 0 Å². The van der Waals surface area contributed by atoms with Crippen molar-refractivity contribution < 1.29 is 13.7 Å². The summed E-state index contributed by atoms with van der Waals surface area (Å²) in [5, 5.41) is 3.69. The van der Waals surface area contributed by atoms with Crippen molar-refractivity contribution in [2.75, 3.05) is 0 Å². The topological polar surface area (TPSA) is 43.1 Å². The number of carbonyl (C=O) groups is 1. The molecule has 2 rings (SSSR count). The van der Waals surface area contributed by atoms with Gasteiger partial charge in [0.25, 0.3) is 0 Å². The van der Waals surface area contributed by atoms with Crippen molar-refractivity contribution in [1.29, 1.82) is 0 Å². The molecule has 1 aromatic heterocycles. The van der Waals surface area contributed by atoms with Gasteiger partial charge in [-0.2, -0.15) is 0 Å². The third kappa shape index (κ3) is 1.76. The second-order valence-corrected chi connectivity index (χ2v) is 3.22. The summed E-state index contributed by atoms with van der Waals surface area (Å²) in [5.41, 5.74) is 0.732. The summed E-state index contributed by atoms with van der Waals surface area (Å²) in [6.07, 6.45) is 0.456. The molecule has 0 amide bonds. The zero-order chi connectivity index (χ0) is 10.8. The molecule has 1 aromatic carbocycles. The molecular weight excluding hydrogens is 221 g/mol. The smallest absolute Gasteiger partial charge is 0.218 e. The Morgan fingerprint density at radius 3 is 2.87 bits per heavy atom. The highest BCUT2D eigenvalue weighted by Crippen LogP contribution is 2.29. The summed E-state index contributed by atoms with van der Waals surface area (Å²) in [5.74, 6) is -0.463. The van der Waals surface area contributed by atoms with Crippen LogP contribution in [0, 0.1) is 5.82 Å². The van der Waals surface area contributed by atoms with Gasteiger partial charge in [0.15, 0.2) is 6.29 Å². The SMILES string of the molecule is O=Cc1onc(-c2cccc(F)c2)c1Cl. The van der Waals surface area contributed by atoms with Crippen LogP contribution < -0.4 is 0 Å². The van der Waals surface area contributed by atoms with Gasteiger partial charge < -0.3 is 4.52 Å². The molecule has 0 N–H and O–H groups in total. The number of rotatable bonds is 2. The fourth-order valence-corrected chi connectivity index (χ4v) is 1.40. The molecule has 1 heterocycles. The van der Waals surface area contributed by atoms with Crippen molar-refractivity contribution in [3.63, 3.8) is 0 Å². The van der Waals surface area contributed by atoms with E-state index in [2.05, 4.69) is 9.68 Å². The van der Waals surface area contributed by atoms with Crippen molar-refractivity contribution >= 4 is 17.9 Å². The molecule has 0 bridgehead atoms. The van der Waals surface area contributed by atoms with Crippen molar-refractivity contribution in [1.82, 2.24) is 5.16 Å². The van der Waals surface area contributed by atoms with Crippen LogP contribution in [0.25, 0.3) is 11.3 Å². The fraction of sp³-hybridized carbons (Fsp3) is 0. The zero-order valence-corrected chi connectivity index (χ0v) is 8.16. The van der Waals surface area contributed by atoms with Crippen LogP contribution in [0.4, 0.5) is 4.39 Å². The molecule has 0 unspecified atom stereocenters. The lowest BCUT2D eigenvalue weighted by atomic mass is 10.1. The van der Waals surface area contributed by atoms with Gasteiger partial charge in [-0.3, -0.25) is 4.79 Å². The van der Waals surface area contributed by atoms with Crippen LogP contribution in [0.5, 0.6) is 0 Å². The minimum Gasteiger partial charge on any atom is -0.351 e. The van der Waals surface area contributed by atoms with Crippen molar-refractivity contribution in [3.8, 4) is 11.3 Å². The minimum atomic E-state index is -0.404. The Labute approximate surface area is 89.4 Å². The van der Waals surface area contributed by atoms with Crippen molar-refractivity contribution in [2.45, 2.75) is 0 Å². The summed E-state index contributed by atoms with van der Waals surface area (Å²) in [6, 6.07) is 5.72. The standard InChI is InChI=1S/C10H5ClFNO2/c11-9-8(5-14)15-13-10(9)6-2-1-3-7(12)4-6/h1-5H. The average molecular weight is 226 g/mol. The molecule has 0 aliphatic heterocycles. The van der Waals surface area contributed by atoms with Gasteiger partial charge in [0.2, 0.25) is 5.76 Å². The Hall–Kier alpha value is -1.68. The van der Waals surface area contributed by atoms with Crippen LogP contribution in [0.1, 0.15) is 10.6 Å². The Balaban J connectivity index is 2.54. The molecule has 0 atom stereocenters. The lowest BCUT2D eigenvalue weighted by Gasteiger charge is -1.95. The van der Waals surface area contributed by atoms with Gasteiger partial charge in [-0.1, -0.05) is 28.9 Å². The number of aldehydes is 1. The second kappa shape index (κ2) is 3.82. The first-order valence-corrected chi connectivity index (χ1v) is 4.46. The van der Waals surface area contributed by atoms with Gasteiger partial charge in [-0.25, -0.2) is 4.39 Å². The predicted molar refractivity (Wildman–Crippen MR) is 52.3 cm³/mol. The maximum absolute atomic E-state index is 12.9. The highest BCUT2D eigenvalue weighted by molar-refractivity contribution is 6.35. The van der Waals surface area contributed by atoms with Gasteiger partial charge in [-0.05, 0) is 12.1 Å². The highest BCUT2D eigenvalue weighted by Gasteiger charge is 2.15. The van der Waals surface area contributed by atoms with Gasteiger partial charge in [0.05, 0.1) is 0 Å². The monoisotopic (exact) mass is 225 g/mol. The Morgan fingerprint density at radius 2 is 2.27 bits per heavy atom. The van der Waals surface area contributed by atoms with Crippen LogP contribution in [0.2, 0.25) is 5.02 Å².